The van der Waals surface area contributed by atoms with Crippen LogP contribution in [0, 0.1) is 6.92 Å². The lowest BCUT2D eigenvalue weighted by Crippen LogP contribution is -2.06. The van der Waals surface area contributed by atoms with Crippen molar-refractivity contribution in [1.82, 2.24) is 20.4 Å². The van der Waals surface area contributed by atoms with Crippen molar-refractivity contribution in [2.45, 2.75) is 20.1 Å². The van der Waals surface area contributed by atoms with Crippen molar-refractivity contribution in [3.05, 3.63) is 35.7 Å². The third-order valence-corrected chi connectivity index (χ3v) is 2.09. The maximum Gasteiger partial charge on any atom is 0.264 e. The minimum absolute atomic E-state index is 0.258. The number of aromatic nitrogens is 3. The fourth-order valence-corrected chi connectivity index (χ4v) is 1.33. The molecule has 2 rings (SSSR count). The van der Waals surface area contributed by atoms with Crippen LogP contribution in [0.3, 0.4) is 0 Å². The number of aryl methyl sites for hydroxylation is 1. The molecule has 0 aliphatic heterocycles. The monoisotopic (exact) mass is 234 g/mol. The molecule has 0 atom stereocenters. The lowest BCUT2D eigenvalue weighted by Gasteiger charge is -2.03. The van der Waals surface area contributed by atoms with E-state index in [2.05, 4.69) is 20.4 Å². The van der Waals surface area contributed by atoms with Crippen LogP contribution in [0.25, 0.3) is 0 Å². The Bertz CT molecular complexity index is 467. The molecule has 0 fully saturated rings. The topological polar surface area (TPSA) is 73.1 Å². The van der Waals surface area contributed by atoms with Gasteiger partial charge in [0.15, 0.2) is 12.4 Å². The van der Waals surface area contributed by atoms with Crippen molar-refractivity contribution < 1.29 is 9.26 Å². The number of ether oxygens (including phenoxy) is 1. The number of hydrogen-bond donors (Lipinski definition) is 1. The van der Waals surface area contributed by atoms with E-state index in [-0.39, 0.29) is 6.61 Å². The van der Waals surface area contributed by atoms with Gasteiger partial charge in [0.25, 0.3) is 5.89 Å². The average molecular weight is 234 g/mol. The molecule has 0 spiro atoms. The number of pyridine rings is 1. The summed E-state index contributed by atoms with van der Waals surface area (Å²) >= 11 is 0. The highest BCUT2D eigenvalue weighted by atomic mass is 16.5. The first kappa shape index (κ1) is 11.5. The van der Waals surface area contributed by atoms with Crippen molar-refractivity contribution in [3.8, 4) is 5.75 Å². The summed E-state index contributed by atoms with van der Waals surface area (Å²) in [4.78, 5) is 8.27. The van der Waals surface area contributed by atoms with Crippen LogP contribution in [-0.4, -0.2) is 22.2 Å². The third kappa shape index (κ3) is 3.25. The Morgan fingerprint density at radius 1 is 1.41 bits per heavy atom. The molecular weight excluding hydrogens is 220 g/mol. The molecule has 2 aromatic rings. The zero-order valence-electron chi connectivity index (χ0n) is 9.80. The third-order valence-electron chi connectivity index (χ3n) is 2.09. The Labute approximate surface area is 99.0 Å². The summed E-state index contributed by atoms with van der Waals surface area (Å²) in [6.45, 7) is 2.76. The van der Waals surface area contributed by atoms with Gasteiger partial charge in [-0.1, -0.05) is 5.16 Å². The van der Waals surface area contributed by atoms with Crippen LogP contribution >= 0.6 is 0 Å². The van der Waals surface area contributed by atoms with Crippen molar-refractivity contribution in [2.75, 3.05) is 7.05 Å². The maximum atomic E-state index is 5.46. The summed E-state index contributed by atoms with van der Waals surface area (Å²) in [5.41, 5.74) is 0.966. The van der Waals surface area contributed by atoms with Crippen molar-refractivity contribution in [2.24, 2.45) is 0 Å². The zero-order chi connectivity index (χ0) is 12.1. The van der Waals surface area contributed by atoms with Gasteiger partial charge in [0.2, 0.25) is 0 Å². The van der Waals surface area contributed by atoms with Crippen LogP contribution in [0.5, 0.6) is 5.75 Å². The van der Waals surface area contributed by atoms with E-state index in [4.69, 9.17) is 9.26 Å². The van der Waals surface area contributed by atoms with Crippen molar-refractivity contribution in [3.63, 3.8) is 0 Å². The molecule has 0 saturated heterocycles. The summed E-state index contributed by atoms with van der Waals surface area (Å²) in [5, 5.41) is 6.70. The first-order chi connectivity index (χ1) is 8.28. The largest absolute Gasteiger partial charge is 0.482 e. The zero-order valence-corrected chi connectivity index (χ0v) is 9.80. The molecule has 0 amide bonds. The van der Waals surface area contributed by atoms with Crippen LogP contribution in [0.2, 0.25) is 0 Å². The molecule has 2 heterocycles. The van der Waals surface area contributed by atoms with E-state index < -0.39 is 0 Å². The SMILES string of the molecule is CNCc1ccc(OCc2nc(C)no2)cn1. The standard InChI is InChI=1S/C11H14N4O2/c1-8-14-11(17-15-8)7-16-10-4-3-9(5-12-2)13-6-10/h3-4,6,12H,5,7H2,1-2H3. The summed E-state index contributed by atoms with van der Waals surface area (Å²) in [7, 11) is 1.88. The van der Waals surface area contributed by atoms with Crippen LogP contribution in [0.1, 0.15) is 17.4 Å². The molecule has 17 heavy (non-hydrogen) atoms. The fourth-order valence-electron chi connectivity index (χ4n) is 1.33. The van der Waals surface area contributed by atoms with Crippen molar-refractivity contribution in [1.29, 1.82) is 0 Å². The molecule has 0 radical (unpaired) electrons. The minimum atomic E-state index is 0.258. The Morgan fingerprint density at radius 2 is 2.29 bits per heavy atom. The Balaban J connectivity index is 1.90. The predicted molar refractivity (Wildman–Crippen MR) is 60.4 cm³/mol. The molecule has 90 valence electrons. The molecule has 6 nitrogen and oxygen atoms in total. The van der Waals surface area contributed by atoms with Gasteiger partial charge in [-0.2, -0.15) is 4.98 Å². The Hall–Kier alpha value is -1.95. The van der Waals surface area contributed by atoms with Crippen LogP contribution in [-0.2, 0) is 13.2 Å². The molecule has 0 aromatic carbocycles. The molecule has 6 heteroatoms. The summed E-state index contributed by atoms with van der Waals surface area (Å²) in [6, 6.07) is 3.77. The highest BCUT2D eigenvalue weighted by molar-refractivity contribution is 5.19. The summed E-state index contributed by atoms with van der Waals surface area (Å²) in [6.07, 6.45) is 1.68. The van der Waals surface area contributed by atoms with Gasteiger partial charge in [0.05, 0.1) is 11.9 Å². The van der Waals surface area contributed by atoms with E-state index in [1.54, 1.807) is 13.1 Å². The molecular formula is C11H14N4O2. The molecule has 1 N–H and O–H groups in total. The second kappa shape index (κ2) is 5.40. The van der Waals surface area contributed by atoms with E-state index >= 15 is 0 Å². The van der Waals surface area contributed by atoms with Gasteiger partial charge in [-0.3, -0.25) is 4.98 Å². The maximum absolute atomic E-state index is 5.46. The quantitative estimate of drug-likeness (QED) is 0.834. The van der Waals surface area contributed by atoms with Gasteiger partial charge in [0, 0.05) is 6.54 Å². The molecule has 0 aliphatic rings. The van der Waals surface area contributed by atoms with E-state index in [0.29, 0.717) is 17.5 Å². The summed E-state index contributed by atoms with van der Waals surface area (Å²) in [5.74, 6) is 1.74. The lowest BCUT2D eigenvalue weighted by molar-refractivity contribution is 0.242. The van der Waals surface area contributed by atoms with Gasteiger partial charge >= 0.3 is 0 Å². The van der Waals surface area contributed by atoms with E-state index in [1.165, 1.54) is 0 Å². The highest BCUT2D eigenvalue weighted by Gasteiger charge is 2.03. The van der Waals surface area contributed by atoms with Crippen molar-refractivity contribution >= 4 is 0 Å². The highest BCUT2D eigenvalue weighted by Crippen LogP contribution is 2.11. The predicted octanol–water partition coefficient (Wildman–Crippen LogP) is 1.07. The van der Waals surface area contributed by atoms with Crippen LogP contribution in [0.15, 0.2) is 22.9 Å². The first-order valence-electron chi connectivity index (χ1n) is 5.29. The van der Waals surface area contributed by atoms with Gasteiger partial charge in [-0.05, 0) is 26.1 Å². The molecule has 0 saturated carbocycles. The minimum Gasteiger partial charge on any atom is -0.482 e. The van der Waals surface area contributed by atoms with Gasteiger partial charge < -0.3 is 14.6 Å². The smallest absolute Gasteiger partial charge is 0.264 e. The summed E-state index contributed by atoms with van der Waals surface area (Å²) < 4.78 is 10.4. The van der Waals surface area contributed by atoms with Gasteiger partial charge in [-0.25, -0.2) is 0 Å². The number of nitrogens with zero attached hydrogens (tertiary/aromatic N) is 3. The second-order valence-electron chi connectivity index (χ2n) is 3.54. The number of hydrogen-bond acceptors (Lipinski definition) is 6. The lowest BCUT2D eigenvalue weighted by atomic mass is 10.3. The fraction of sp³-hybridized carbons (Fsp3) is 0.364. The second-order valence-corrected chi connectivity index (χ2v) is 3.54. The molecule has 0 unspecified atom stereocenters. The van der Waals surface area contributed by atoms with E-state index in [0.717, 1.165) is 12.2 Å². The average Bonchev–Trinajstić information content (AvgIpc) is 2.75. The Kier molecular flexibility index (Phi) is 3.66. The van der Waals surface area contributed by atoms with Gasteiger partial charge in [0.1, 0.15) is 5.75 Å². The van der Waals surface area contributed by atoms with Gasteiger partial charge in [-0.15, -0.1) is 0 Å². The molecule has 2 aromatic heterocycles. The number of rotatable bonds is 5. The van der Waals surface area contributed by atoms with Crippen LogP contribution in [0.4, 0.5) is 0 Å². The molecule has 0 bridgehead atoms. The first-order valence-corrected chi connectivity index (χ1v) is 5.29. The van der Waals surface area contributed by atoms with E-state index in [1.807, 2.05) is 19.2 Å². The van der Waals surface area contributed by atoms with Crippen LogP contribution < -0.4 is 10.1 Å². The van der Waals surface area contributed by atoms with E-state index in [9.17, 15) is 0 Å². The Morgan fingerprint density at radius 3 is 2.88 bits per heavy atom. The number of nitrogens with one attached hydrogen (secondary N) is 1. The molecule has 0 aliphatic carbocycles. The normalized spacial score (nSPS) is 10.5.